The van der Waals surface area contributed by atoms with Crippen LogP contribution in [-0.2, 0) is 0 Å². The fourth-order valence-electron chi connectivity index (χ4n) is 1.76. The molecule has 4 nitrogen and oxygen atoms in total. The normalized spacial score (nSPS) is 10.9. The van der Waals surface area contributed by atoms with Gasteiger partial charge in [-0.05, 0) is 40.2 Å². The summed E-state index contributed by atoms with van der Waals surface area (Å²) in [4.78, 5) is 15.2. The minimum absolute atomic E-state index is 0.410. The van der Waals surface area contributed by atoms with E-state index in [1.165, 1.54) is 0 Å². The Morgan fingerprint density at radius 1 is 1.29 bits per heavy atom. The molecule has 0 saturated heterocycles. The first-order valence-electron chi connectivity index (χ1n) is 4.97. The second kappa shape index (κ2) is 3.85. The molecule has 0 spiro atoms. The van der Waals surface area contributed by atoms with Crippen molar-refractivity contribution in [2.75, 3.05) is 0 Å². The van der Waals surface area contributed by atoms with Crippen LogP contribution < -0.4 is 0 Å². The van der Waals surface area contributed by atoms with E-state index in [1.54, 1.807) is 12.1 Å². The van der Waals surface area contributed by atoms with E-state index in [9.17, 15) is 4.79 Å². The number of fused-ring (bicyclic) bond motifs is 1. The van der Waals surface area contributed by atoms with Crippen molar-refractivity contribution in [3.05, 3.63) is 46.9 Å². The van der Waals surface area contributed by atoms with Crippen LogP contribution in [0.5, 0.6) is 0 Å². The van der Waals surface area contributed by atoms with Gasteiger partial charge in [-0.2, -0.15) is 0 Å². The molecule has 0 aliphatic carbocycles. The van der Waals surface area contributed by atoms with E-state index in [-0.39, 0.29) is 0 Å². The predicted octanol–water partition coefficient (Wildman–Crippen LogP) is 3.17. The van der Waals surface area contributed by atoms with E-state index in [4.69, 9.17) is 4.42 Å². The first kappa shape index (κ1) is 10.3. The van der Waals surface area contributed by atoms with E-state index in [2.05, 4.69) is 20.9 Å². The van der Waals surface area contributed by atoms with Gasteiger partial charge in [0, 0.05) is 6.20 Å². The smallest absolute Gasteiger partial charge is 0.181 e. The monoisotopic (exact) mass is 290 g/mol. The predicted molar refractivity (Wildman–Crippen MR) is 66.0 cm³/mol. The van der Waals surface area contributed by atoms with Gasteiger partial charge in [0.1, 0.15) is 5.69 Å². The highest BCUT2D eigenvalue weighted by atomic mass is 79.9. The summed E-state index contributed by atoms with van der Waals surface area (Å²) < 4.78 is 7.91. The summed E-state index contributed by atoms with van der Waals surface area (Å²) >= 11 is 3.24. The average molecular weight is 291 g/mol. The van der Waals surface area contributed by atoms with Gasteiger partial charge in [-0.25, -0.2) is 4.98 Å². The molecule has 0 amide bonds. The zero-order chi connectivity index (χ0) is 11.8. The van der Waals surface area contributed by atoms with Gasteiger partial charge in [0.25, 0.3) is 0 Å². The fraction of sp³-hybridized carbons (Fsp3) is 0. The summed E-state index contributed by atoms with van der Waals surface area (Å²) in [7, 11) is 0. The molecule has 0 aliphatic rings. The third-order valence-electron chi connectivity index (χ3n) is 2.48. The van der Waals surface area contributed by atoms with Crippen LogP contribution in [0.15, 0.2) is 45.6 Å². The number of nitrogens with zero attached hydrogens (tertiary/aromatic N) is 2. The summed E-state index contributed by atoms with van der Waals surface area (Å²) in [5.41, 5.74) is 1.18. The molecule has 0 saturated carbocycles. The Morgan fingerprint density at radius 2 is 2.18 bits per heavy atom. The number of hydrogen-bond acceptors (Lipinski definition) is 3. The number of furan rings is 1. The fourth-order valence-corrected chi connectivity index (χ4v) is 2.06. The molecule has 5 heteroatoms. The van der Waals surface area contributed by atoms with E-state index >= 15 is 0 Å². The maximum atomic E-state index is 11.0. The Kier molecular flexibility index (Phi) is 2.33. The van der Waals surface area contributed by atoms with Gasteiger partial charge in [0.05, 0.1) is 5.52 Å². The Morgan fingerprint density at radius 3 is 2.88 bits per heavy atom. The number of aromatic nitrogens is 2. The third kappa shape index (κ3) is 1.59. The number of rotatable bonds is 2. The summed E-state index contributed by atoms with van der Waals surface area (Å²) in [6, 6.07) is 9.19. The number of pyridine rings is 1. The van der Waals surface area contributed by atoms with Gasteiger partial charge in [0.15, 0.2) is 22.5 Å². The van der Waals surface area contributed by atoms with E-state index in [1.807, 2.05) is 28.8 Å². The lowest BCUT2D eigenvalue weighted by Crippen LogP contribution is -1.86. The molecule has 3 heterocycles. The van der Waals surface area contributed by atoms with Gasteiger partial charge in [-0.1, -0.05) is 6.07 Å². The highest BCUT2D eigenvalue weighted by molar-refractivity contribution is 9.10. The molecule has 3 aromatic heterocycles. The highest BCUT2D eigenvalue weighted by Crippen LogP contribution is 2.26. The van der Waals surface area contributed by atoms with Crippen LogP contribution in [0.1, 0.15) is 10.5 Å². The number of halogens is 1. The molecule has 0 bridgehead atoms. The van der Waals surface area contributed by atoms with Gasteiger partial charge in [0.2, 0.25) is 0 Å². The highest BCUT2D eigenvalue weighted by Gasteiger charge is 2.14. The van der Waals surface area contributed by atoms with E-state index in [0.717, 1.165) is 11.8 Å². The second-order valence-electron chi connectivity index (χ2n) is 3.50. The largest absolute Gasteiger partial charge is 0.446 e. The summed E-state index contributed by atoms with van der Waals surface area (Å²) in [6.45, 7) is 0. The molecule has 0 aromatic carbocycles. The molecule has 3 rings (SSSR count). The topological polar surface area (TPSA) is 47.5 Å². The van der Waals surface area contributed by atoms with Crippen molar-refractivity contribution in [2.45, 2.75) is 0 Å². The van der Waals surface area contributed by atoms with Gasteiger partial charge < -0.3 is 4.42 Å². The Bertz CT molecular complexity index is 699. The molecule has 17 heavy (non-hydrogen) atoms. The molecule has 0 unspecified atom stereocenters. The lowest BCUT2D eigenvalue weighted by Gasteiger charge is -1.96. The molecular formula is C12H7BrN2O2. The van der Waals surface area contributed by atoms with Gasteiger partial charge >= 0.3 is 0 Å². The number of carbonyl (C=O) groups is 1. The van der Waals surface area contributed by atoms with Crippen molar-refractivity contribution >= 4 is 27.7 Å². The first-order chi connectivity index (χ1) is 8.29. The Hall–Kier alpha value is -1.88. The van der Waals surface area contributed by atoms with Crippen LogP contribution in [-0.4, -0.2) is 15.7 Å². The molecule has 0 radical (unpaired) electrons. The third-order valence-corrected chi connectivity index (χ3v) is 2.91. The van der Waals surface area contributed by atoms with Crippen molar-refractivity contribution in [1.29, 1.82) is 0 Å². The molecule has 0 N–H and O–H groups in total. The van der Waals surface area contributed by atoms with Crippen LogP contribution in [0, 0.1) is 0 Å². The minimum Gasteiger partial charge on any atom is -0.446 e. The molecule has 0 atom stereocenters. The molecule has 0 aliphatic heterocycles. The second-order valence-corrected chi connectivity index (χ2v) is 4.28. The summed E-state index contributed by atoms with van der Waals surface area (Å²) in [5.74, 6) is 1.24. The zero-order valence-corrected chi connectivity index (χ0v) is 10.2. The van der Waals surface area contributed by atoms with Crippen molar-refractivity contribution < 1.29 is 9.21 Å². The van der Waals surface area contributed by atoms with Crippen molar-refractivity contribution in [1.82, 2.24) is 9.38 Å². The maximum absolute atomic E-state index is 11.0. The molecular weight excluding hydrogens is 284 g/mol. The first-order valence-corrected chi connectivity index (χ1v) is 5.77. The van der Waals surface area contributed by atoms with Crippen LogP contribution in [0.3, 0.4) is 0 Å². The summed E-state index contributed by atoms with van der Waals surface area (Å²) in [6.07, 6.45) is 2.60. The average Bonchev–Trinajstić information content (AvgIpc) is 2.92. The van der Waals surface area contributed by atoms with Crippen LogP contribution in [0.4, 0.5) is 0 Å². The number of imidazole rings is 1. The quantitative estimate of drug-likeness (QED) is 0.681. The number of aldehydes is 1. The van der Waals surface area contributed by atoms with E-state index < -0.39 is 0 Å². The molecule has 0 fully saturated rings. The van der Waals surface area contributed by atoms with Crippen LogP contribution in [0.2, 0.25) is 0 Å². The standard InChI is InChI=1S/C12H7BrN2O2/c13-11-5-4-10(17-11)12-14-8(7-16)9-3-1-2-6-15(9)12/h1-7H. The molecule has 84 valence electrons. The van der Waals surface area contributed by atoms with Crippen LogP contribution >= 0.6 is 15.9 Å². The number of hydrogen-bond donors (Lipinski definition) is 0. The van der Waals surface area contributed by atoms with Gasteiger partial charge in [-0.3, -0.25) is 9.20 Å². The maximum Gasteiger partial charge on any atom is 0.181 e. The Balaban J connectivity index is 2.33. The lowest BCUT2D eigenvalue weighted by atomic mass is 10.3. The van der Waals surface area contributed by atoms with Gasteiger partial charge in [-0.15, -0.1) is 0 Å². The van der Waals surface area contributed by atoms with Crippen molar-refractivity contribution in [2.24, 2.45) is 0 Å². The SMILES string of the molecule is O=Cc1nc(-c2ccc(Br)o2)n2ccccc12. The lowest BCUT2D eigenvalue weighted by molar-refractivity contribution is 0.112. The van der Waals surface area contributed by atoms with Crippen molar-refractivity contribution in [3.8, 4) is 11.6 Å². The van der Waals surface area contributed by atoms with Crippen molar-refractivity contribution in [3.63, 3.8) is 0 Å². The number of carbonyl (C=O) groups excluding carboxylic acids is 1. The minimum atomic E-state index is 0.410. The zero-order valence-electron chi connectivity index (χ0n) is 8.63. The van der Waals surface area contributed by atoms with E-state index in [0.29, 0.717) is 21.9 Å². The summed E-state index contributed by atoms with van der Waals surface area (Å²) in [5, 5.41) is 0. The molecule has 3 aromatic rings. The van der Waals surface area contributed by atoms with Crippen LogP contribution in [0.25, 0.3) is 17.1 Å². The Labute approximate surface area is 105 Å².